The van der Waals surface area contributed by atoms with Crippen molar-refractivity contribution in [1.29, 1.82) is 0 Å². The van der Waals surface area contributed by atoms with E-state index in [0.717, 1.165) is 28.6 Å². The number of halogens is 1. The van der Waals surface area contributed by atoms with Crippen LogP contribution < -0.4 is 0 Å². The highest BCUT2D eigenvalue weighted by Gasteiger charge is 2.17. The second-order valence-corrected chi connectivity index (χ2v) is 4.28. The number of aryl methyl sites for hydroxylation is 2. The fourth-order valence-corrected chi connectivity index (χ4v) is 2.33. The lowest BCUT2D eigenvalue weighted by Crippen LogP contribution is -2.05. The first-order valence-corrected chi connectivity index (χ1v) is 4.98. The van der Waals surface area contributed by atoms with E-state index in [0.29, 0.717) is 12.0 Å². The second kappa shape index (κ2) is 3.14. The monoisotopic (exact) mass is 196 g/mol. The first-order valence-electron chi connectivity index (χ1n) is 4.16. The highest BCUT2D eigenvalue weighted by Crippen LogP contribution is 2.32. The first kappa shape index (κ1) is 8.75. The summed E-state index contributed by atoms with van der Waals surface area (Å²) >= 11 is 1.16. The van der Waals surface area contributed by atoms with Gasteiger partial charge in [-0.05, 0) is 30.5 Å². The maximum absolute atomic E-state index is 13.1. The maximum atomic E-state index is 13.1. The number of carbonyl (C=O) groups excluding carboxylic acids is 1. The van der Waals surface area contributed by atoms with Crippen molar-refractivity contribution in [3.8, 4) is 0 Å². The molecule has 0 bridgehead atoms. The first-order chi connectivity index (χ1) is 6.16. The van der Waals surface area contributed by atoms with E-state index < -0.39 is 0 Å². The van der Waals surface area contributed by atoms with Crippen LogP contribution >= 0.6 is 11.8 Å². The largest absolute Gasteiger partial charge is 0.287 e. The van der Waals surface area contributed by atoms with Crippen molar-refractivity contribution in [2.45, 2.75) is 24.7 Å². The van der Waals surface area contributed by atoms with Crippen LogP contribution in [0.5, 0.6) is 0 Å². The van der Waals surface area contributed by atoms with Crippen molar-refractivity contribution in [2.75, 3.05) is 0 Å². The molecule has 1 nitrogen and oxygen atoms in total. The van der Waals surface area contributed by atoms with E-state index in [2.05, 4.69) is 0 Å². The minimum Gasteiger partial charge on any atom is -0.287 e. The number of rotatable bonds is 0. The topological polar surface area (TPSA) is 17.1 Å². The summed E-state index contributed by atoms with van der Waals surface area (Å²) in [5.74, 6) is -0.221. The zero-order valence-corrected chi connectivity index (χ0v) is 8.08. The number of hydrogen-bond acceptors (Lipinski definition) is 2. The smallest absolute Gasteiger partial charge is 0.194 e. The van der Waals surface area contributed by atoms with E-state index >= 15 is 0 Å². The third-order valence-electron chi connectivity index (χ3n) is 2.16. The average molecular weight is 196 g/mol. The van der Waals surface area contributed by atoms with Gasteiger partial charge in [0, 0.05) is 11.3 Å². The van der Waals surface area contributed by atoms with Gasteiger partial charge in [-0.15, -0.1) is 0 Å². The average Bonchev–Trinajstić information content (AvgIpc) is 2.08. The molecule has 1 aliphatic heterocycles. The predicted molar refractivity (Wildman–Crippen MR) is 50.3 cm³/mol. The lowest BCUT2D eigenvalue weighted by molar-refractivity contribution is -0.111. The summed E-state index contributed by atoms with van der Waals surface area (Å²) in [5, 5.41) is 0.135. The Hall–Kier alpha value is -0.830. The molecule has 0 unspecified atom stereocenters. The normalized spacial score (nSPS) is 15.7. The lowest BCUT2D eigenvalue weighted by atomic mass is 10.1. The summed E-state index contributed by atoms with van der Waals surface area (Å²) in [6.45, 7) is 1.75. The predicted octanol–water partition coefficient (Wildman–Crippen LogP) is 2.70. The van der Waals surface area contributed by atoms with E-state index in [1.807, 2.05) is 6.07 Å². The van der Waals surface area contributed by atoms with Crippen LogP contribution in [0, 0.1) is 12.7 Å². The van der Waals surface area contributed by atoms with Crippen LogP contribution in [0.1, 0.15) is 17.5 Å². The molecule has 0 atom stereocenters. The highest BCUT2D eigenvalue weighted by atomic mass is 32.2. The maximum Gasteiger partial charge on any atom is 0.194 e. The van der Waals surface area contributed by atoms with Gasteiger partial charge in [0.15, 0.2) is 5.12 Å². The molecule has 0 saturated carbocycles. The van der Waals surface area contributed by atoms with Crippen LogP contribution in [-0.4, -0.2) is 5.12 Å². The quantitative estimate of drug-likeness (QED) is 0.634. The molecule has 0 amide bonds. The Morgan fingerprint density at radius 2 is 2.15 bits per heavy atom. The highest BCUT2D eigenvalue weighted by molar-refractivity contribution is 8.13. The molecule has 0 spiro atoms. The molecular weight excluding hydrogens is 187 g/mol. The number of benzene rings is 1. The Bertz CT molecular complexity index is 373. The Morgan fingerprint density at radius 1 is 1.38 bits per heavy atom. The fourth-order valence-electron chi connectivity index (χ4n) is 1.42. The summed E-state index contributed by atoms with van der Waals surface area (Å²) < 4.78 is 13.1. The van der Waals surface area contributed by atoms with Gasteiger partial charge in [0.2, 0.25) is 0 Å². The van der Waals surface area contributed by atoms with Crippen LogP contribution in [-0.2, 0) is 11.2 Å². The van der Waals surface area contributed by atoms with Crippen LogP contribution in [0.15, 0.2) is 17.0 Å². The van der Waals surface area contributed by atoms with Gasteiger partial charge in [-0.25, -0.2) is 4.39 Å². The molecule has 0 fully saturated rings. The van der Waals surface area contributed by atoms with E-state index in [1.165, 1.54) is 6.07 Å². The van der Waals surface area contributed by atoms with Crippen LogP contribution in [0.25, 0.3) is 0 Å². The third-order valence-corrected chi connectivity index (χ3v) is 3.20. The van der Waals surface area contributed by atoms with E-state index in [4.69, 9.17) is 0 Å². The van der Waals surface area contributed by atoms with Gasteiger partial charge in [0.1, 0.15) is 5.82 Å². The number of carbonyl (C=O) groups is 1. The van der Waals surface area contributed by atoms with E-state index in [-0.39, 0.29) is 10.9 Å². The molecule has 68 valence electrons. The SMILES string of the molecule is Cc1cc2c(cc1F)SC(=O)CC2. The van der Waals surface area contributed by atoms with Crippen LogP contribution in [0.3, 0.4) is 0 Å². The number of thioether (sulfide) groups is 1. The summed E-state index contributed by atoms with van der Waals surface area (Å²) in [4.78, 5) is 11.9. The molecule has 3 heteroatoms. The van der Waals surface area contributed by atoms with Crippen molar-refractivity contribution < 1.29 is 9.18 Å². The minimum absolute atomic E-state index is 0.135. The molecule has 13 heavy (non-hydrogen) atoms. The van der Waals surface area contributed by atoms with Crippen molar-refractivity contribution in [3.05, 3.63) is 29.1 Å². The number of hydrogen-bond donors (Lipinski definition) is 0. The zero-order chi connectivity index (χ0) is 9.42. The zero-order valence-electron chi connectivity index (χ0n) is 7.26. The van der Waals surface area contributed by atoms with Crippen LogP contribution in [0.4, 0.5) is 4.39 Å². The van der Waals surface area contributed by atoms with Crippen LogP contribution in [0.2, 0.25) is 0 Å². The molecule has 1 aromatic carbocycles. The van der Waals surface area contributed by atoms with Gasteiger partial charge < -0.3 is 0 Å². The molecule has 0 radical (unpaired) electrons. The van der Waals surface area contributed by atoms with Gasteiger partial charge in [0.25, 0.3) is 0 Å². The molecule has 0 aliphatic carbocycles. The minimum atomic E-state index is -0.221. The van der Waals surface area contributed by atoms with Gasteiger partial charge >= 0.3 is 0 Å². The Labute approximate surface area is 80.3 Å². The van der Waals surface area contributed by atoms with Crippen molar-refractivity contribution in [1.82, 2.24) is 0 Å². The fraction of sp³-hybridized carbons (Fsp3) is 0.300. The molecule has 2 rings (SSSR count). The Kier molecular flexibility index (Phi) is 2.12. The molecule has 0 aromatic heterocycles. The van der Waals surface area contributed by atoms with Crippen molar-refractivity contribution in [2.24, 2.45) is 0 Å². The van der Waals surface area contributed by atoms with Gasteiger partial charge in [0.05, 0.1) is 0 Å². The Balaban J connectivity index is 2.49. The molecule has 0 N–H and O–H groups in total. The summed E-state index contributed by atoms with van der Waals surface area (Å²) in [5.41, 5.74) is 1.76. The van der Waals surface area contributed by atoms with E-state index in [9.17, 15) is 9.18 Å². The Morgan fingerprint density at radius 3 is 2.92 bits per heavy atom. The summed E-state index contributed by atoms with van der Waals surface area (Å²) in [7, 11) is 0. The van der Waals surface area contributed by atoms with Gasteiger partial charge in [-0.3, -0.25) is 4.79 Å². The van der Waals surface area contributed by atoms with Gasteiger partial charge in [-0.2, -0.15) is 0 Å². The van der Waals surface area contributed by atoms with Crippen molar-refractivity contribution >= 4 is 16.9 Å². The third kappa shape index (κ3) is 1.61. The molecule has 1 heterocycles. The number of fused-ring (bicyclic) bond motifs is 1. The second-order valence-electron chi connectivity index (χ2n) is 3.18. The standard InChI is InChI=1S/C10H9FOS/c1-6-4-7-2-3-10(12)13-9(7)5-8(6)11/h4-5H,2-3H2,1H3. The lowest BCUT2D eigenvalue weighted by Gasteiger charge is -2.14. The molecule has 1 aromatic rings. The molecule has 1 aliphatic rings. The molecular formula is C10H9FOS. The van der Waals surface area contributed by atoms with Gasteiger partial charge in [-0.1, -0.05) is 17.8 Å². The van der Waals surface area contributed by atoms with Crippen molar-refractivity contribution in [3.63, 3.8) is 0 Å². The van der Waals surface area contributed by atoms with E-state index in [1.54, 1.807) is 6.92 Å². The summed E-state index contributed by atoms with van der Waals surface area (Å²) in [6, 6.07) is 3.30. The molecule has 0 saturated heterocycles. The summed E-state index contributed by atoms with van der Waals surface area (Å²) in [6.07, 6.45) is 1.32.